The van der Waals surface area contributed by atoms with Gasteiger partial charge in [0.2, 0.25) is 0 Å². The Kier molecular flexibility index (Phi) is 6.84. The maximum Gasteiger partial charge on any atom is 0.252 e. The average Bonchev–Trinajstić information content (AvgIpc) is 2.60. The fourth-order valence-corrected chi connectivity index (χ4v) is 2.98. The molecule has 1 aromatic carbocycles. The van der Waals surface area contributed by atoms with Gasteiger partial charge in [0.15, 0.2) is 0 Å². The largest absolute Gasteiger partial charge is 0.495 e. The van der Waals surface area contributed by atoms with E-state index in [4.69, 9.17) is 21.1 Å². The summed E-state index contributed by atoms with van der Waals surface area (Å²) in [5, 5.41) is 0.576. The molecule has 0 saturated carbocycles. The lowest BCUT2D eigenvalue weighted by atomic mass is 10.0. The van der Waals surface area contributed by atoms with Crippen molar-refractivity contribution in [3.05, 3.63) is 51.4 Å². The number of carbonyl (C=O) groups excluding carboxylic acids is 1. The summed E-state index contributed by atoms with van der Waals surface area (Å²) in [5.41, 5.74) is 1.86. The lowest BCUT2D eigenvalue weighted by molar-refractivity contribution is -0.111. The third-order valence-corrected chi connectivity index (χ3v) is 4.45. The van der Waals surface area contributed by atoms with Crippen LogP contribution in [0.1, 0.15) is 38.8 Å². The van der Waals surface area contributed by atoms with E-state index in [0.29, 0.717) is 29.4 Å². The quantitative estimate of drug-likeness (QED) is 0.655. The number of nitrogens with zero attached hydrogens (tertiary/aromatic N) is 1. The summed E-state index contributed by atoms with van der Waals surface area (Å²) >= 11 is 6.12. The number of halogens is 1. The van der Waals surface area contributed by atoms with Crippen LogP contribution in [-0.2, 0) is 9.53 Å². The highest BCUT2D eigenvalue weighted by atomic mass is 35.5. The number of carbonyl (C=O) groups is 1. The first-order valence-corrected chi connectivity index (χ1v) is 9.20. The van der Waals surface area contributed by atoms with Gasteiger partial charge in [0.1, 0.15) is 12.0 Å². The Morgan fingerprint density at radius 3 is 2.52 bits per heavy atom. The Hall–Kier alpha value is -2.11. The molecule has 2 rings (SSSR count). The molecule has 5 nitrogen and oxygen atoms in total. The number of ether oxygens (including phenoxy) is 2. The second-order valence-corrected chi connectivity index (χ2v) is 7.85. The number of aldehydes is 1. The Labute approximate surface area is 164 Å². The Morgan fingerprint density at radius 2 is 1.93 bits per heavy atom. The third-order valence-electron chi connectivity index (χ3n) is 4.22. The van der Waals surface area contributed by atoms with E-state index in [1.54, 1.807) is 18.3 Å². The number of aryl methyl sites for hydroxylation is 1. The average molecular weight is 392 g/mol. The SMILES string of the molecule is COc1cn(C(C=O)CCOC(C)(C)C)c(=O)cc1-c1cc(Cl)ccc1C. The normalized spacial score (nSPS) is 12.7. The van der Waals surface area contributed by atoms with Gasteiger partial charge in [0.25, 0.3) is 5.56 Å². The molecular formula is C21H26ClNO4. The van der Waals surface area contributed by atoms with Gasteiger partial charge in [-0.2, -0.15) is 0 Å². The molecule has 0 saturated heterocycles. The minimum Gasteiger partial charge on any atom is -0.495 e. The minimum absolute atomic E-state index is 0.280. The molecule has 0 aliphatic carbocycles. The molecule has 0 bridgehead atoms. The van der Waals surface area contributed by atoms with E-state index in [-0.39, 0.29) is 11.2 Å². The molecule has 0 spiro atoms. The van der Waals surface area contributed by atoms with Gasteiger partial charge in [0.05, 0.1) is 24.9 Å². The molecule has 0 amide bonds. The monoisotopic (exact) mass is 391 g/mol. The maximum atomic E-state index is 12.7. The first kappa shape index (κ1) is 21.2. The lowest BCUT2D eigenvalue weighted by Gasteiger charge is -2.22. The maximum absolute atomic E-state index is 12.7. The molecule has 2 aromatic rings. The smallest absolute Gasteiger partial charge is 0.252 e. The van der Waals surface area contributed by atoms with Gasteiger partial charge in [-0.1, -0.05) is 17.7 Å². The van der Waals surface area contributed by atoms with E-state index in [1.165, 1.54) is 17.7 Å². The van der Waals surface area contributed by atoms with Crippen LogP contribution in [0.5, 0.6) is 5.75 Å². The molecule has 0 aliphatic heterocycles. The van der Waals surface area contributed by atoms with Crippen molar-refractivity contribution in [1.29, 1.82) is 0 Å². The number of pyridine rings is 1. The minimum atomic E-state index is -0.622. The molecule has 0 radical (unpaired) electrons. The predicted molar refractivity (Wildman–Crippen MR) is 108 cm³/mol. The topological polar surface area (TPSA) is 57.5 Å². The first-order valence-electron chi connectivity index (χ1n) is 8.82. The number of benzene rings is 1. The van der Waals surface area contributed by atoms with Crippen molar-refractivity contribution in [3.8, 4) is 16.9 Å². The predicted octanol–water partition coefficient (Wildman–Crippen LogP) is 4.43. The molecule has 0 aliphatic rings. The van der Waals surface area contributed by atoms with Gasteiger partial charge in [0, 0.05) is 23.3 Å². The van der Waals surface area contributed by atoms with E-state index < -0.39 is 6.04 Å². The van der Waals surface area contributed by atoms with Gasteiger partial charge >= 0.3 is 0 Å². The standard InChI is InChI=1S/C21H26ClNO4/c1-14-6-7-15(22)10-17(14)18-11-20(25)23(12-19(18)26-5)16(13-24)8-9-27-21(2,3)4/h6-7,10-13,16H,8-9H2,1-5H3. The fraction of sp³-hybridized carbons (Fsp3) is 0.429. The summed E-state index contributed by atoms with van der Waals surface area (Å²) in [6.07, 6.45) is 2.74. The van der Waals surface area contributed by atoms with Crippen LogP contribution in [0, 0.1) is 6.92 Å². The highest BCUT2D eigenvalue weighted by Crippen LogP contribution is 2.33. The summed E-state index contributed by atoms with van der Waals surface area (Å²) in [6, 6.07) is 6.35. The van der Waals surface area contributed by atoms with Gasteiger partial charge in [-0.3, -0.25) is 4.79 Å². The molecule has 1 unspecified atom stereocenters. The third kappa shape index (κ3) is 5.44. The van der Waals surface area contributed by atoms with Crippen LogP contribution in [0.25, 0.3) is 11.1 Å². The van der Waals surface area contributed by atoms with E-state index in [2.05, 4.69) is 0 Å². The van der Waals surface area contributed by atoms with Crippen LogP contribution < -0.4 is 10.3 Å². The van der Waals surface area contributed by atoms with E-state index >= 15 is 0 Å². The summed E-state index contributed by atoms with van der Waals surface area (Å²) < 4.78 is 12.6. The first-order chi connectivity index (χ1) is 12.7. The fourth-order valence-electron chi connectivity index (χ4n) is 2.80. The molecule has 1 atom stereocenters. The van der Waals surface area contributed by atoms with E-state index in [1.807, 2.05) is 33.8 Å². The summed E-state index contributed by atoms with van der Waals surface area (Å²) in [5.74, 6) is 0.503. The van der Waals surface area contributed by atoms with Crippen LogP contribution in [0.2, 0.25) is 5.02 Å². The van der Waals surface area contributed by atoms with Crippen LogP contribution in [-0.4, -0.2) is 30.2 Å². The van der Waals surface area contributed by atoms with E-state index in [0.717, 1.165) is 17.4 Å². The lowest BCUT2D eigenvalue weighted by Crippen LogP contribution is -2.28. The zero-order valence-electron chi connectivity index (χ0n) is 16.4. The summed E-state index contributed by atoms with van der Waals surface area (Å²) in [6.45, 7) is 8.15. The molecule has 0 N–H and O–H groups in total. The van der Waals surface area contributed by atoms with E-state index in [9.17, 15) is 9.59 Å². The van der Waals surface area contributed by atoms with Crippen LogP contribution >= 0.6 is 11.6 Å². The van der Waals surface area contributed by atoms with Crippen LogP contribution in [0.4, 0.5) is 0 Å². The molecule has 1 heterocycles. The summed E-state index contributed by atoms with van der Waals surface area (Å²) in [4.78, 5) is 24.3. The van der Waals surface area contributed by atoms with Gasteiger partial charge in [-0.15, -0.1) is 0 Å². The molecule has 6 heteroatoms. The van der Waals surface area contributed by atoms with Gasteiger partial charge < -0.3 is 18.8 Å². The number of hydrogen-bond donors (Lipinski definition) is 0. The highest BCUT2D eigenvalue weighted by Gasteiger charge is 2.18. The van der Waals surface area contributed by atoms with Crippen molar-refractivity contribution >= 4 is 17.9 Å². The van der Waals surface area contributed by atoms with Crippen molar-refractivity contribution in [2.24, 2.45) is 0 Å². The number of methoxy groups -OCH3 is 1. The molecular weight excluding hydrogens is 366 g/mol. The van der Waals surface area contributed by atoms with Crippen LogP contribution in [0.3, 0.4) is 0 Å². The molecule has 27 heavy (non-hydrogen) atoms. The molecule has 0 fully saturated rings. The Morgan fingerprint density at radius 1 is 1.22 bits per heavy atom. The Bertz CT molecular complexity index is 867. The number of hydrogen-bond acceptors (Lipinski definition) is 4. The zero-order chi connectivity index (χ0) is 20.2. The molecule has 1 aromatic heterocycles. The van der Waals surface area contributed by atoms with Crippen molar-refractivity contribution in [3.63, 3.8) is 0 Å². The summed E-state index contributed by atoms with van der Waals surface area (Å²) in [7, 11) is 1.53. The number of aromatic nitrogens is 1. The van der Waals surface area contributed by atoms with Gasteiger partial charge in [-0.25, -0.2) is 0 Å². The Balaban J connectivity index is 2.41. The molecule has 146 valence electrons. The number of rotatable bonds is 7. The zero-order valence-corrected chi connectivity index (χ0v) is 17.2. The van der Waals surface area contributed by atoms with Crippen molar-refractivity contribution < 1.29 is 14.3 Å². The van der Waals surface area contributed by atoms with Crippen molar-refractivity contribution in [2.45, 2.75) is 45.8 Å². The van der Waals surface area contributed by atoms with Crippen LogP contribution in [0.15, 0.2) is 35.3 Å². The second kappa shape index (κ2) is 8.72. The second-order valence-electron chi connectivity index (χ2n) is 7.41. The van der Waals surface area contributed by atoms with Gasteiger partial charge in [-0.05, 0) is 57.4 Å². The van der Waals surface area contributed by atoms with Crippen molar-refractivity contribution in [2.75, 3.05) is 13.7 Å². The van der Waals surface area contributed by atoms with Crippen molar-refractivity contribution in [1.82, 2.24) is 4.57 Å². The highest BCUT2D eigenvalue weighted by molar-refractivity contribution is 6.30.